The monoisotopic (exact) mass is 376 g/mol. The molecular formula is C27H22NO+. The number of fused-ring (bicyclic) bond motifs is 2. The maximum atomic E-state index is 5.27. The van der Waals surface area contributed by atoms with Gasteiger partial charge in [0.05, 0.1) is 17.9 Å². The van der Waals surface area contributed by atoms with Crippen LogP contribution in [0.4, 0.5) is 0 Å². The summed E-state index contributed by atoms with van der Waals surface area (Å²) in [4.78, 5) is 0. The highest BCUT2D eigenvalue weighted by atomic mass is 16.5. The predicted octanol–water partition coefficient (Wildman–Crippen LogP) is 6.16. The average molecular weight is 376 g/mol. The van der Waals surface area contributed by atoms with E-state index in [1.54, 1.807) is 7.11 Å². The molecule has 29 heavy (non-hydrogen) atoms. The Bertz CT molecular complexity index is 1260. The largest absolute Gasteiger partial charge is 0.497 e. The van der Waals surface area contributed by atoms with E-state index in [2.05, 4.69) is 96.5 Å². The second-order valence-corrected chi connectivity index (χ2v) is 7.27. The number of pyridine rings is 1. The lowest BCUT2D eigenvalue weighted by Crippen LogP contribution is -2.30. The number of nitrogens with zero attached hydrogens (tertiary/aromatic N) is 1. The standard InChI is InChI=1S/C27H22NO/c1-28-25-9-5-3-7-23(25)27(24-8-4-6-10-26(24)28)21-13-11-19(12-14-21)20-15-17-22(29-2)18-16-20/h3-18H,1-2H3/q+1. The van der Waals surface area contributed by atoms with Gasteiger partial charge < -0.3 is 4.74 Å². The van der Waals surface area contributed by atoms with Crippen LogP contribution in [0, 0.1) is 0 Å². The van der Waals surface area contributed by atoms with Crippen LogP contribution < -0.4 is 9.30 Å². The minimum Gasteiger partial charge on any atom is -0.497 e. The highest BCUT2D eigenvalue weighted by Gasteiger charge is 2.18. The van der Waals surface area contributed by atoms with Crippen LogP contribution in [-0.2, 0) is 7.05 Å². The van der Waals surface area contributed by atoms with Crippen molar-refractivity contribution in [3.8, 4) is 28.0 Å². The molecule has 0 unspecified atom stereocenters. The van der Waals surface area contributed by atoms with Gasteiger partial charge in [0.25, 0.3) is 0 Å². The maximum Gasteiger partial charge on any atom is 0.213 e. The van der Waals surface area contributed by atoms with E-state index in [9.17, 15) is 0 Å². The van der Waals surface area contributed by atoms with Crippen molar-refractivity contribution in [2.24, 2.45) is 7.05 Å². The van der Waals surface area contributed by atoms with Crippen LogP contribution in [0.3, 0.4) is 0 Å². The first kappa shape index (κ1) is 17.4. The Morgan fingerprint density at radius 3 is 1.52 bits per heavy atom. The van der Waals surface area contributed by atoms with Crippen molar-refractivity contribution < 1.29 is 9.30 Å². The summed E-state index contributed by atoms with van der Waals surface area (Å²) in [6.45, 7) is 0. The van der Waals surface area contributed by atoms with Crippen molar-refractivity contribution >= 4 is 21.8 Å². The van der Waals surface area contributed by atoms with Gasteiger partial charge in [-0.1, -0.05) is 60.7 Å². The normalized spacial score (nSPS) is 11.1. The molecule has 140 valence electrons. The first-order valence-electron chi connectivity index (χ1n) is 9.80. The molecular weight excluding hydrogens is 354 g/mol. The number of rotatable bonds is 3. The molecule has 0 fully saturated rings. The summed E-state index contributed by atoms with van der Waals surface area (Å²) in [6.07, 6.45) is 0. The third kappa shape index (κ3) is 2.94. The molecule has 5 rings (SSSR count). The summed E-state index contributed by atoms with van der Waals surface area (Å²) in [5, 5.41) is 2.54. The summed E-state index contributed by atoms with van der Waals surface area (Å²) in [6, 6.07) is 34.3. The minimum absolute atomic E-state index is 0.875. The number of methoxy groups -OCH3 is 1. The maximum absolute atomic E-state index is 5.27. The molecule has 4 aromatic carbocycles. The van der Waals surface area contributed by atoms with Gasteiger partial charge in [0.2, 0.25) is 11.0 Å². The molecule has 1 heterocycles. The molecule has 0 bridgehead atoms. The molecule has 2 nitrogen and oxygen atoms in total. The van der Waals surface area contributed by atoms with Gasteiger partial charge in [-0.2, -0.15) is 4.57 Å². The van der Waals surface area contributed by atoms with Gasteiger partial charge in [-0.3, -0.25) is 0 Å². The quantitative estimate of drug-likeness (QED) is 0.271. The van der Waals surface area contributed by atoms with Crippen molar-refractivity contribution in [1.82, 2.24) is 0 Å². The van der Waals surface area contributed by atoms with Gasteiger partial charge in [-0.25, -0.2) is 0 Å². The fourth-order valence-corrected chi connectivity index (χ4v) is 4.15. The highest BCUT2D eigenvalue weighted by Crippen LogP contribution is 2.35. The Balaban J connectivity index is 1.69. The number of ether oxygens (including phenoxy) is 1. The molecule has 0 aliphatic carbocycles. The Labute approximate surface area is 170 Å². The second-order valence-electron chi connectivity index (χ2n) is 7.27. The zero-order valence-corrected chi connectivity index (χ0v) is 16.6. The summed E-state index contributed by atoms with van der Waals surface area (Å²) in [5.74, 6) is 0.875. The van der Waals surface area contributed by atoms with Gasteiger partial charge in [0.1, 0.15) is 12.8 Å². The van der Waals surface area contributed by atoms with Gasteiger partial charge in [0, 0.05) is 17.7 Å². The van der Waals surface area contributed by atoms with Crippen LogP contribution in [-0.4, -0.2) is 7.11 Å². The summed E-state index contributed by atoms with van der Waals surface area (Å²) in [7, 11) is 3.83. The molecule has 0 aliphatic heterocycles. The van der Waals surface area contributed by atoms with Crippen LogP contribution in [0.25, 0.3) is 44.1 Å². The average Bonchev–Trinajstić information content (AvgIpc) is 2.80. The smallest absolute Gasteiger partial charge is 0.213 e. The Morgan fingerprint density at radius 2 is 1.00 bits per heavy atom. The molecule has 5 aromatic rings. The third-order valence-electron chi connectivity index (χ3n) is 5.67. The van der Waals surface area contributed by atoms with Crippen LogP contribution in [0.2, 0.25) is 0 Å². The Hall–Kier alpha value is -3.65. The fourth-order valence-electron chi connectivity index (χ4n) is 4.15. The number of hydrogen-bond acceptors (Lipinski definition) is 1. The van der Waals surface area contributed by atoms with Crippen LogP contribution >= 0.6 is 0 Å². The van der Waals surface area contributed by atoms with E-state index in [1.165, 1.54) is 44.1 Å². The molecule has 0 aliphatic rings. The van der Waals surface area contributed by atoms with Gasteiger partial charge in [0.15, 0.2) is 0 Å². The summed E-state index contributed by atoms with van der Waals surface area (Å²) >= 11 is 0. The molecule has 0 radical (unpaired) electrons. The van der Waals surface area contributed by atoms with Crippen molar-refractivity contribution in [2.45, 2.75) is 0 Å². The first-order valence-corrected chi connectivity index (χ1v) is 9.80. The van der Waals surface area contributed by atoms with Crippen LogP contribution in [0.15, 0.2) is 97.1 Å². The number of aromatic nitrogens is 1. The highest BCUT2D eigenvalue weighted by molar-refractivity contribution is 6.07. The van der Waals surface area contributed by atoms with Crippen LogP contribution in [0.5, 0.6) is 5.75 Å². The third-order valence-corrected chi connectivity index (χ3v) is 5.67. The zero-order valence-electron chi connectivity index (χ0n) is 16.6. The Kier molecular flexibility index (Phi) is 4.25. The number of hydrogen-bond donors (Lipinski definition) is 0. The molecule has 1 aromatic heterocycles. The summed E-state index contributed by atoms with van der Waals surface area (Å²) in [5.41, 5.74) is 7.38. The van der Waals surface area contributed by atoms with Crippen LogP contribution in [0.1, 0.15) is 0 Å². The van der Waals surface area contributed by atoms with E-state index in [-0.39, 0.29) is 0 Å². The molecule has 0 amide bonds. The van der Waals surface area contributed by atoms with Crippen molar-refractivity contribution in [3.63, 3.8) is 0 Å². The van der Waals surface area contributed by atoms with E-state index in [4.69, 9.17) is 4.74 Å². The lowest BCUT2D eigenvalue weighted by molar-refractivity contribution is -0.617. The second kappa shape index (κ2) is 7.06. The van der Waals surface area contributed by atoms with Gasteiger partial charge in [-0.05, 0) is 41.0 Å². The van der Waals surface area contributed by atoms with Crippen molar-refractivity contribution in [1.29, 1.82) is 0 Å². The zero-order chi connectivity index (χ0) is 19.8. The lowest BCUT2D eigenvalue weighted by Gasteiger charge is -2.11. The lowest BCUT2D eigenvalue weighted by atomic mass is 9.94. The van der Waals surface area contributed by atoms with E-state index in [0.29, 0.717) is 0 Å². The topological polar surface area (TPSA) is 13.1 Å². The van der Waals surface area contributed by atoms with Crippen molar-refractivity contribution in [2.75, 3.05) is 7.11 Å². The van der Waals surface area contributed by atoms with Crippen molar-refractivity contribution in [3.05, 3.63) is 97.1 Å². The Morgan fingerprint density at radius 1 is 0.552 bits per heavy atom. The fraction of sp³-hybridized carbons (Fsp3) is 0.0741. The number of aryl methyl sites for hydroxylation is 1. The van der Waals surface area contributed by atoms with E-state index in [1.807, 2.05) is 12.1 Å². The molecule has 0 saturated heterocycles. The molecule has 0 atom stereocenters. The first-order chi connectivity index (χ1) is 14.3. The van der Waals surface area contributed by atoms with E-state index >= 15 is 0 Å². The van der Waals surface area contributed by atoms with Gasteiger partial charge >= 0.3 is 0 Å². The number of para-hydroxylation sites is 2. The van der Waals surface area contributed by atoms with E-state index in [0.717, 1.165) is 5.75 Å². The van der Waals surface area contributed by atoms with E-state index < -0.39 is 0 Å². The van der Waals surface area contributed by atoms with Gasteiger partial charge in [-0.15, -0.1) is 0 Å². The molecule has 2 heteroatoms. The summed E-state index contributed by atoms with van der Waals surface area (Å²) < 4.78 is 7.55. The number of benzene rings is 4. The molecule has 0 saturated carbocycles. The molecule has 0 spiro atoms. The SMILES string of the molecule is COc1ccc(-c2ccc(-c3c4ccccc4[n+](C)c4ccccc34)cc2)cc1. The molecule has 0 N–H and O–H groups in total. The minimum atomic E-state index is 0.875. The predicted molar refractivity (Wildman–Crippen MR) is 120 cm³/mol.